The Balaban J connectivity index is 2.15. The maximum Gasteiger partial charge on any atom is 0.0700 e. The molecule has 5 heteroatoms. The van der Waals surface area contributed by atoms with E-state index in [0.717, 1.165) is 26.1 Å². The molecule has 0 saturated carbocycles. The van der Waals surface area contributed by atoms with Gasteiger partial charge in [0.1, 0.15) is 0 Å². The van der Waals surface area contributed by atoms with Crippen molar-refractivity contribution in [3.8, 4) is 0 Å². The van der Waals surface area contributed by atoms with Crippen LogP contribution in [-0.2, 0) is 11.8 Å². The zero-order valence-corrected chi connectivity index (χ0v) is 11.6. The minimum Gasteiger partial charge on any atom is -0.376 e. The number of aromatic nitrogens is 2. The van der Waals surface area contributed by atoms with Crippen LogP contribution in [0.3, 0.4) is 0 Å². The molecule has 1 aliphatic heterocycles. The molecule has 2 heterocycles. The normalized spacial score (nSPS) is 23.2. The fraction of sp³-hybridized carbons (Fsp3) is 0.769. The topological polar surface area (TPSA) is 56.3 Å². The lowest BCUT2D eigenvalue weighted by atomic mass is 10.0. The maximum atomic E-state index is 5.98. The summed E-state index contributed by atoms with van der Waals surface area (Å²) < 4.78 is 7.63. The summed E-state index contributed by atoms with van der Waals surface area (Å²) in [6.45, 7) is 7.61. The summed E-state index contributed by atoms with van der Waals surface area (Å²) in [4.78, 5) is 2.43. The maximum absolute atomic E-state index is 5.98. The number of nitrogens with zero attached hydrogens (tertiary/aromatic N) is 3. The summed E-state index contributed by atoms with van der Waals surface area (Å²) >= 11 is 0. The molecule has 2 unspecified atom stereocenters. The number of aryl methyl sites for hydroxylation is 1. The lowest BCUT2D eigenvalue weighted by molar-refractivity contribution is -0.0438. The zero-order valence-electron chi connectivity index (χ0n) is 11.6. The first-order valence-electron chi connectivity index (χ1n) is 6.71. The van der Waals surface area contributed by atoms with E-state index < -0.39 is 0 Å². The molecule has 0 aliphatic carbocycles. The number of hydrogen-bond donors (Lipinski definition) is 1. The molecule has 2 N–H and O–H groups in total. The van der Waals surface area contributed by atoms with Gasteiger partial charge in [0.15, 0.2) is 0 Å². The van der Waals surface area contributed by atoms with Gasteiger partial charge in [-0.15, -0.1) is 0 Å². The average Bonchev–Trinajstić information content (AvgIpc) is 2.72. The van der Waals surface area contributed by atoms with Crippen molar-refractivity contribution in [1.29, 1.82) is 0 Å². The average molecular weight is 252 g/mol. The fourth-order valence-corrected chi connectivity index (χ4v) is 2.59. The molecule has 0 aromatic carbocycles. The largest absolute Gasteiger partial charge is 0.376 e. The number of morpholine rings is 1. The van der Waals surface area contributed by atoms with Crippen molar-refractivity contribution in [2.45, 2.75) is 32.4 Å². The molecule has 1 saturated heterocycles. The van der Waals surface area contributed by atoms with Crippen molar-refractivity contribution in [2.24, 2.45) is 12.8 Å². The Morgan fingerprint density at radius 3 is 2.94 bits per heavy atom. The van der Waals surface area contributed by atoms with Crippen LogP contribution < -0.4 is 5.73 Å². The molecular weight excluding hydrogens is 228 g/mol. The second-order valence-corrected chi connectivity index (χ2v) is 4.96. The third kappa shape index (κ3) is 2.58. The summed E-state index contributed by atoms with van der Waals surface area (Å²) in [5, 5.41) is 4.32. The molecule has 2 rings (SSSR count). The van der Waals surface area contributed by atoms with Gasteiger partial charge >= 0.3 is 0 Å². The molecule has 1 aromatic rings. The zero-order chi connectivity index (χ0) is 13.1. The minimum absolute atomic E-state index is 0.261. The minimum atomic E-state index is 0.261. The molecule has 0 bridgehead atoms. The Kier molecular flexibility index (Phi) is 4.37. The smallest absolute Gasteiger partial charge is 0.0700 e. The van der Waals surface area contributed by atoms with Gasteiger partial charge in [0.05, 0.1) is 24.9 Å². The van der Waals surface area contributed by atoms with Crippen molar-refractivity contribution in [1.82, 2.24) is 14.7 Å². The van der Waals surface area contributed by atoms with Gasteiger partial charge in [0.25, 0.3) is 0 Å². The second kappa shape index (κ2) is 5.82. The Morgan fingerprint density at radius 2 is 2.39 bits per heavy atom. The first-order valence-corrected chi connectivity index (χ1v) is 6.71. The van der Waals surface area contributed by atoms with Crippen molar-refractivity contribution < 1.29 is 4.74 Å². The molecule has 1 aliphatic rings. The molecule has 102 valence electrons. The monoisotopic (exact) mass is 252 g/mol. The van der Waals surface area contributed by atoms with Crippen LogP contribution in [0.4, 0.5) is 0 Å². The Hall–Kier alpha value is -0.910. The Labute approximate surface area is 109 Å². The predicted octanol–water partition coefficient (Wildman–Crippen LogP) is 0.839. The standard InChI is InChI=1S/C13H24N4O/c1-4-11-9-17(5-6-18-11)13(7-14)12-8-15-16(3)10(12)2/h8,11,13H,4-7,9,14H2,1-3H3. The SMILES string of the molecule is CCC1CN(C(CN)c2cnn(C)c2C)CCO1. The van der Waals surface area contributed by atoms with Gasteiger partial charge in [-0.25, -0.2) is 0 Å². The van der Waals surface area contributed by atoms with Crippen molar-refractivity contribution in [3.63, 3.8) is 0 Å². The highest BCUT2D eigenvalue weighted by Gasteiger charge is 2.27. The number of hydrogen-bond acceptors (Lipinski definition) is 4. The quantitative estimate of drug-likeness (QED) is 0.862. The highest BCUT2D eigenvalue weighted by molar-refractivity contribution is 5.21. The lowest BCUT2D eigenvalue weighted by Gasteiger charge is -2.37. The van der Waals surface area contributed by atoms with Crippen LogP contribution in [0.2, 0.25) is 0 Å². The summed E-state index contributed by atoms with van der Waals surface area (Å²) in [6.07, 6.45) is 3.34. The number of nitrogens with two attached hydrogens (primary N) is 1. The van der Waals surface area contributed by atoms with E-state index in [1.54, 1.807) is 0 Å². The molecule has 1 fully saturated rings. The number of ether oxygens (including phenoxy) is 1. The molecule has 0 amide bonds. The summed E-state index contributed by atoms with van der Waals surface area (Å²) in [5.41, 5.74) is 8.43. The van der Waals surface area contributed by atoms with Gasteiger partial charge in [0, 0.05) is 37.9 Å². The highest BCUT2D eigenvalue weighted by atomic mass is 16.5. The van der Waals surface area contributed by atoms with Crippen LogP contribution in [0.25, 0.3) is 0 Å². The first kappa shape index (κ1) is 13.5. The van der Waals surface area contributed by atoms with E-state index in [0.29, 0.717) is 12.6 Å². The van der Waals surface area contributed by atoms with E-state index in [-0.39, 0.29) is 6.04 Å². The van der Waals surface area contributed by atoms with E-state index in [2.05, 4.69) is 23.8 Å². The van der Waals surface area contributed by atoms with Gasteiger partial charge in [-0.2, -0.15) is 5.10 Å². The molecule has 18 heavy (non-hydrogen) atoms. The third-order valence-electron chi connectivity index (χ3n) is 3.92. The van der Waals surface area contributed by atoms with Crippen LogP contribution in [0.5, 0.6) is 0 Å². The van der Waals surface area contributed by atoms with Crippen LogP contribution >= 0.6 is 0 Å². The Bertz CT molecular complexity index is 390. The van der Waals surface area contributed by atoms with E-state index in [1.165, 1.54) is 11.3 Å². The van der Waals surface area contributed by atoms with Crippen molar-refractivity contribution in [2.75, 3.05) is 26.2 Å². The number of rotatable bonds is 4. The third-order valence-corrected chi connectivity index (χ3v) is 3.92. The van der Waals surface area contributed by atoms with Crippen LogP contribution in [0, 0.1) is 6.92 Å². The molecule has 0 radical (unpaired) electrons. The summed E-state index contributed by atoms with van der Waals surface area (Å²) in [5.74, 6) is 0. The highest BCUT2D eigenvalue weighted by Crippen LogP contribution is 2.25. The molecule has 2 atom stereocenters. The molecule has 0 spiro atoms. The van der Waals surface area contributed by atoms with Crippen molar-refractivity contribution in [3.05, 3.63) is 17.5 Å². The molecular formula is C13H24N4O. The van der Waals surface area contributed by atoms with Crippen LogP contribution in [0.15, 0.2) is 6.20 Å². The second-order valence-electron chi connectivity index (χ2n) is 4.96. The summed E-state index contributed by atoms with van der Waals surface area (Å²) in [6, 6.07) is 0.261. The van der Waals surface area contributed by atoms with Crippen LogP contribution in [0.1, 0.15) is 30.6 Å². The van der Waals surface area contributed by atoms with E-state index in [4.69, 9.17) is 10.5 Å². The summed E-state index contributed by atoms with van der Waals surface area (Å²) in [7, 11) is 1.97. The van der Waals surface area contributed by atoms with Crippen LogP contribution in [-0.4, -0.2) is 47.0 Å². The Morgan fingerprint density at radius 1 is 1.61 bits per heavy atom. The lowest BCUT2D eigenvalue weighted by Crippen LogP contribution is -2.46. The van der Waals surface area contributed by atoms with Crippen molar-refractivity contribution >= 4 is 0 Å². The van der Waals surface area contributed by atoms with E-state index in [1.807, 2.05) is 17.9 Å². The van der Waals surface area contributed by atoms with E-state index >= 15 is 0 Å². The van der Waals surface area contributed by atoms with Gasteiger partial charge in [0.2, 0.25) is 0 Å². The van der Waals surface area contributed by atoms with Gasteiger partial charge in [-0.05, 0) is 13.3 Å². The molecule has 5 nitrogen and oxygen atoms in total. The van der Waals surface area contributed by atoms with Gasteiger partial charge in [-0.3, -0.25) is 9.58 Å². The molecule has 1 aromatic heterocycles. The van der Waals surface area contributed by atoms with E-state index in [9.17, 15) is 0 Å². The van der Waals surface area contributed by atoms with Gasteiger partial charge in [-0.1, -0.05) is 6.92 Å². The fourth-order valence-electron chi connectivity index (χ4n) is 2.59. The van der Waals surface area contributed by atoms with Gasteiger partial charge < -0.3 is 10.5 Å². The predicted molar refractivity (Wildman–Crippen MR) is 71.3 cm³/mol. The first-order chi connectivity index (χ1) is 8.67.